The fourth-order valence-electron chi connectivity index (χ4n) is 2.76. The molecule has 152 valence electrons. The maximum Gasteiger partial charge on any atom is 0.234 e. The number of ether oxygens (including phenoxy) is 2. The topological polar surface area (TPSA) is 78.3 Å². The second kappa shape index (κ2) is 9.97. The van der Waals surface area contributed by atoms with Crippen LogP contribution >= 0.6 is 11.8 Å². The van der Waals surface area contributed by atoms with E-state index in [1.54, 1.807) is 31.4 Å². The maximum absolute atomic E-state index is 12.3. The molecule has 0 unspecified atom stereocenters. The van der Waals surface area contributed by atoms with E-state index in [-0.39, 0.29) is 11.7 Å². The fourth-order valence-corrected chi connectivity index (χ4v) is 3.56. The standard InChI is InChI=1S/C21H24N4O3S/c1-4-25-20(15-6-10-18(11-7-15)28-5-2)23-24-21(25)29-14-19(26)22-16-8-12-17(27-3)13-9-16/h6-13H,4-5,14H2,1-3H3,(H,22,26). The summed E-state index contributed by atoms with van der Waals surface area (Å²) in [4.78, 5) is 12.3. The molecule has 1 amide bonds. The smallest absolute Gasteiger partial charge is 0.234 e. The number of nitrogens with one attached hydrogen (secondary N) is 1. The number of nitrogens with zero attached hydrogens (tertiary/aromatic N) is 3. The van der Waals surface area contributed by atoms with E-state index >= 15 is 0 Å². The van der Waals surface area contributed by atoms with Crippen molar-refractivity contribution in [1.82, 2.24) is 14.8 Å². The average molecular weight is 413 g/mol. The molecular formula is C21H24N4O3S. The van der Waals surface area contributed by atoms with E-state index in [4.69, 9.17) is 9.47 Å². The van der Waals surface area contributed by atoms with Crippen molar-refractivity contribution in [2.45, 2.75) is 25.5 Å². The van der Waals surface area contributed by atoms with Gasteiger partial charge in [-0.15, -0.1) is 10.2 Å². The number of anilines is 1. The van der Waals surface area contributed by atoms with Gasteiger partial charge in [-0.1, -0.05) is 11.8 Å². The predicted molar refractivity (Wildman–Crippen MR) is 115 cm³/mol. The van der Waals surface area contributed by atoms with Crippen LogP contribution in [0.2, 0.25) is 0 Å². The van der Waals surface area contributed by atoms with Crippen LogP contribution in [0, 0.1) is 0 Å². The Morgan fingerprint density at radius 3 is 2.34 bits per heavy atom. The fraction of sp³-hybridized carbons (Fsp3) is 0.286. The monoisotopic (exact) mass is 412 g/mol. The SMILES string of the molecule is CCOc1ccc(-c2nnc(SCC(=O)Nc3ccc(OC)cc3)n2CC)cc1. The summed E-state index contributed by atoms with van der Waals surface area (Å²) in [7, 11) is 1.61. The molecule has 2 aromatic carbocycles. The Hall–Kier alpha value is -3.00. The molecule has 0 aliphatic carbocycles. The molecule has 0 saturated carbocycles. The van der Waals surface area contributed by atoms with Gasteiger partial charge in [-0.25, -0.2) is 0 Å². The van der Waals surface area contributed by atoms with E-state index in [0.29, 0.717) is 18.3 Å². The van der Waals surface area contributed by atoms with Gasteiger partial charge < -0.3 is 19.4 Å². The van der Waals surface area contributed by atoms with E-state index < -0.39 is 0 Å². The number of thioether (sulfide) groups is 1. The zero-order valence-electron chi connectivity index (χ0n) is 16.7. The Labute approximate surface area is 174 Å². The molecular weight excluding hydrogens is 388 g/mol. The minimum Gasteiger partial charge on any atom is -0.497 e. The van der Waals surface area contributed by atoms with Crippen molar-refractivity contribution in [3.05, 3.63) is 48.5 Å². The molecule has 29 heavy (non-hydrogen) atoms. The van der Waals surface area contributed by atoms with Crippen LogP contribution < -0.4 is 14.8 Å². The molecule has 8 heteroatoms. The van der Waals surface area contributed by atoms with Crippen LogP contribution in [0.25, 0.3) is 11.4 Å². The van der Waals surface area contributed by atoms with Crippen LogP contribution in [0.5, 0.6) is 11.5 Å². The van der Waals surface area contributed by atoms with E-state index in [0.717, 1.165) is 28.6 Å². The van der Waals surface area contributed by atoms with Gasteiger partial charge in [-0.05, 0) is 62.4 Å². The summed E-state index contributed by atoms with van der Waals surface area (Å²) < 4.78 is 12.6. The van der Waals surface area contributed by atoms with Crippen molar-refractivity contribution in [2.24, 2.45) is 0 Å². The lowest BCUT2D eigenvalue weighted by Crippen LogP contribution is -2.14. The molecule has 0 bridgehead atoms. The molecule has 0 aliphatic rings. The van der Waals surface area contributed by atoms with E-state index in [2.05, 4.69) is 15.5 Å². The summed E-state index contributed by atoms with van der Waals surface area (Å²) in [5.41, 5.74) is 1.68. The van der Waals surface area contributed by atoms with Crippen LogP contribution in [-0.4, -0.2) is 40.1 Å². The van der Waals surface area contributed by atoms with Gasteiger partial charge in [0.25, 0.3) is 0 Å². The minimum absolute atomic E-state index is 0.103. The normalized spacial score (nSPS) is 10.6. The maximum atomic E-state index is 12.3. The first-order valence-electron chi connectivity index (χ1n) is 9.37. The third-order valence-electron chi connectivity index (χ3n) is 4.16. The summed E-state index contributed by atoms with van der Waals surface area (Å²) in [6.07, 6.45) is 0. The predicted octanol–water partition coefficient (Wildman–Crippen LogP) is 4.10. The molecule has 0 spiro atoms. The lowest BCUT2D eigenvalue weighted by molar-refractivity contribution is -0.113. The highest BCUT2D eigenvalue weighted by molar-refractivity contribution is 7.99. The van der Waals surface area contributed by atoms with Gasteiger partial charge in [0.05, 0.1) is 19.5 Å². The number of carbonyl (C=O) groups excluding carboxylic acids is 1. The summed E-state index contributed by atoms with van der Waals surface area (Å²) in [6.45, 7) is 5.32. The summed E-state index contributed by atoms with van der Waals surface area (Å²) in [5.74, 6) is 2.48. The molecule has 3 aromatic rings. The van der Waals surface area contributed by atoms with Gasteiger partial charge in [0.2, 0.25) is 5.91 Å². The van der Waals surface area contributed by atoms with Crippen LogP contribution in [0.3, 0.4) is 0 Å². The number of aromatic nitrogens is 3. The van der Waals surface area contributed by atoms with Crippen molar-refractivity contribution in [3.8, 4) is 22.9 Å². The number of hydrogen-bond acceptors (Lipinski definition) is 6. The first-order valence-corrected chi connectivity index (χ1v) is 10.4. The van der Waals surface area contributed by atoms with Crippen molar-refractivity contribution in [2.75, 3.05) is 24.8 Å². The molecule has 3 rings (SSSR count). The Morgan fingerprint density at radius 1 is 1.03 bits per heavy atom. The Morgan fingerprint density at radius 2 is 1.72 bits per heavy atom. The third kappa shape index (κ3) is 5.29. The lowest BCUT2D eigenvalue weighted by Gasteiger charge is -2.09. The van der Waals surface area contributed by atoms with Crippen LogP contribution in [0.15, 0.2) is 53.7 Å². The molecule has 0 aliphatic heterocycles. The first-order chi connectivity index (χ1) is 14.1. The number of carbonyl (C=O) groups is 1. The van der Waals surface area contributed by atoms with Gasteiger partial charge in [0.15, 0.2) is 11.0 Å². The summed E-state index contributed by atoms with van der Waals surface area (Å²) in [6, 6.07) is 15.0. The van der Waals surface area contributed by atoms with Gasteiger partial charge in [-0.3, -0.25) is 4.79 Å². The van der Waals surface area contributed by atoms with Crippen LogP contribution in [0.4, 0.5) is 5.69 Å². The molecule has 0 fully saturated rings. The first kappa shape index (κ1) is 20.7. The highest BCUT2D eigenvalue weighted by Gasteiger charge is 2.15. The Balaban J connectivity index is 1.64. The van der Waals surface area contributed by atoms with E-state index in [9.17, 15) is 4.79 Å². The van der Waals surface area contributed by atoms with Crippen molar-refractivity contribution in [3.63, 3.8) is 0 Å². The molecule has 1 aromatic heterocycles. The van der Waals surface area contributed by atoms with Crippen molar-refractivity contribution in [1.29, 1.82) is 0 Å². The number of amides is 1. The molecule has 7 nitrogen and oxygen atoms in total. The Kier molecular flexibility index (Phi) is 7.13. The molecule has 0 saturated heterocycles. The highest BCUT2D eigenvalue weighted by atomic mass is 32.2. The number of rotatable bonds is 9. The van der Waals surface area contributed by atoms with Gasteiger partial charge >= 0.3 is 0 Å². The molecule has 1 heterocycles. The van der Waals surface area contributed by atoms with Crippen LogP contribution in [0.1, 0.15) is 13.8 Å². The molecule has 1 N–H and O–H groups in total. The second-order valence-corrected chi connectivity index (χ2v) is 7.02. The van der Waals surface area contributed by atoms with Crippen molar-refractivity contribution < 1.29 is 14.3 Å². The largest absolute Gasteiger partial charge is 0.497 e. The molecule has 0 radical (unpaired) electrons. The van der Waals surface area contributed by atoms with Gasteiger partial charge in [-0.2, -0.15) is 0 Å². The number of methoxy groups -OCH3 is 1. The lowest BCUT2D eigenvalue weighted by atomic mass is 10.2. The zero-order valence-corrected chi connectivity index (χ0v) is 17.5. The minimum atomic E-state index is -0.103. The number of benzene rings is 2. The number of hydrogen-bond donors (Lipinski definition) is 1. The highest BCUT2D eigenvalue weighted by Crippen LogP contribution is 2.26. The summed E-state index contributed by atoms with van der Waals surface area (Å²) >= 11 is 1.36. The quantitative estimate of drug-likeness (QED) is 0.533. The average Bonchev–Trinajstić information content (AvgIpc) is 3.16. The van der Waals surface area contributed by atoms with E-state index in [1.165, 1.54) is 11.8 Å². The zero-order chi connectivity index (χ0) is 20.6. The van der Waals surface area contributed by atoms with E-state index in [1.807, 2.05) is 42.7 Å². The third-order valence-corrected chi connectivity index (χ3v) is 5.13. The van der Waals surface area contributed by atoms with Gasteiger partial charge in [0.1, 0.15) is 11.5 Å². The Bertz CT molecular complexity index is 940. The van der Waals surface area contributed by atoms with Crippen molar-refractivity contribution >= 4 is 23.4 Å². The summed E-state index contributed by atoms with van der Waals surface area (Å²) in [5, 5.41) is 12.2. The van der Waals surface area contributed by atoms with Gasteiger partial charge in [0, 0.05) is 17.8 Å². The molecule has 0 atom stereocenters. The second-order valence-electron chi connectivity index (χ2n) is 6.07. The van der Waals surface area contributed by atoms with Crippen LogP contribution in [-0.2, 0) is 11.3 Å².